The fraction of sp³-hybridized carbons (Fsp3) is 0.919. The summed E-state index contributed by atoms with van der Waals surface area (Å²) in [4.78, 5) is 19.4. The lowest BCUT2D eigenvalue weighted by Gasteiger charge is -2.54. The maximum absolute atomic E-state index is 5.65. The molecule has 2 saturated heterocycles. The number of nitrogens with one attached hydrogen (secondary N) is 3. The second-order valence-corrected chi connectivity index (χ2v) is 17.2. The second kappa shape index (κ2) is 17.1. The zero-order valence-corrected chi connectivity index (χ0v) is 31.7. The number of unbranched alkanes of at least 4 members (excludes halogenated alkanes) is 5. The van der Waals surface area contributed by atoms with Gasteiger partial charge in [0.2, 0.25) is 17.8 Å². The molecule has 0 saturated carbocycles. The van der Waals surface area contributed by atoms with Crippen LogP contribution in [-0.2, 0) is 0 Å². The van der Waals surface area contributed by atoms with Crippen LogP contribution in [0.3, 0.4) is 0 Å². The first kappa shape index (κ1) is 38.7. The van der Waals surface area contributed by atoms with Crippen LogP contribution in [0.4, 0.5) is 17.8 Å². The maximum atomic E-state index is 5.65. The van der Waals surface area contributed by atoms with Gasteiger partial charge in [0.15, 0.2) is 0 Å². The molecular formula is C37H73N9. The van der Waals surface area contributed by atoms with Crippen LogP contribution in [0.5, 0.6) is 0 Å². The van der Waals surface area contributed by atoms with Gasteiger partial charge in [0.25, 0.3) is 0 Å². The Bertz CT molecular complexity index is 931. The Balaban J connectivity index is 1.47. The molecule has 5 N–H and O–H groups in total. The lowest BCUT2D eigenvalue weighted by Crippen LogP contribution is -2.58. The van der Waals surface area contributed by atoms with E-state index in [1.807, 2.05) is 0 Å². The van der Waals surface area contributed by atoms with Gasteiger partial charge in [0, 0.05) is 41.8 Å². The largest absolute Gasteiger partial charge is 0.354 e. The summed E-state index contributed by atoms with van der Waals surface area (Å²) in [5.41, 5.74) is 6.68. The van der Waals surface area contributed by atoms with Gasteiger partial charge in [-0.15, -0.1) is 0 Å². The first-order valence-corrected chi connectivity index (χ1v) is 18.7. The predicted octanol–water partition coefficient (Wildman–Crippen LogP) is 7.77. The fourth-order valence-corrected chi connectivity index (χ4v) is 8.52. The molecule has 1 aromatic rings. The summed E-state index contributed by atoms with van der Waals surface area (Å²) in [6.07, 6.45) is 16.9. The number of anilines is 3. The van der Waals surface area contributed by atoms with Crippen molar-refractivity contribution < 1.29 is 0 Å². The zero-order valence-electron chi connectivity index (χ0n) is 31.7. The van der Waals surface area contributed by atoms with Crippen molar-refractivity contribution in [2.75, 3.05) is 56.2 Å². The monoisotopic (exact) mass is 644 g/mol. The van der Waals surface area contributed by atoms with E-state index in [0.717, 1.165) is 63.7 Å². The molecule has 2 aliphatic rings. The Hall–Kier alpha value is -1.71. The summed E-state index contributed by atoms with van der Waals surface area (Å²) in [5.74, 6) is 3.56. The summed E-state index contributed by atoms with van der Waals surface area (Å²) in [5, 5.41) is 10.5. The molecule has 9 nitrogen and oxygen atoms in total. The zero-order chi connectivity index (χ0) is 34.0. The van der Waals surface area contributed by atoms with E-state index in [1.54, 1.807) is 0 Å². The molecule has 0 aromatic carbocycles. The third-order valence-electron chi connectivity index (χ3n) is 11.5. The number of nitrogens with two attached hydrogens (primary N) is 1. The predicted molar refractivity (Wildman–Crippen MR) is 198 cm³/mol. The van der Waals surface area contributed by atoms with Crippen LogP contribution in [-0.4, -0.2) is 87.2 Å². The Labute approximate surface area is 283 Å². The van der Waals surface area contributed by atoms with Crippen molar-refractivity contribution in [1.82, 2.24) is 24.8 Å². The van der Waals surface area contributed by atoms with Gasteiger partial charge < -0.3 is 21.7 Å². The highest BCUT2D eigenvalue weighted by atomic mass is 15.3. The molecule has 266 valence electrons. The van der Waals surface area contributed by atoms with Crippen molar-refractivity contribution in [1.29, 1.82) is 0 Å². The molecular weight excluding hydrogens is 570 g/mol. The molecule has 0 amide bonds. The second-order valence-electron chi connectivity index (χ2n) is 17.2. The summed E-state index contributed by atoms with van der Waals surface area (Å²) in [7, 11) is 4.58. The normalized spacial score (nSPS) is 21.7. The van der Waals surface area contributed by atoms with Crippen LogP contribution >= 0.6 is 0 Å². The highest BCUT2D eigenvalue weighted by Crippen LogP contribution is 2.43. The van der Waals surface area contributed by atoms with E-state index in [0.29, 0.717) is 17.8 Å². The highest BCUT2D eigenvalue weighted by molar-refractivity contribution is 5.42. The van der Waals surface area contributed by atoms with Crippen molar-refractivity contribution >= 4 is 17.8 Å². The molecule has 2 fully saturated rings. The van der Waals surface area contributed by atoms with Crippen molar-refractivity contribution in [3.8, 4) is 0 Å². The quantitative estimate of drug-likeness (QED) is 0.113. The van der Waals surface area contributed by atoms with E-state index in [1.165, 1.54) is 64.2 Å². The topological polar surface area (TPSA) is 107 Å². The molecule has 9 heteroatoms. The van der Waals surface area contributed by atoms with E-state index >= 15 is 0 Å². The molecule has 3 heterocycles. The van der Waals surface area contributed by atoms with Crippen LogP contribution in [0.25, 0.3) is 0 Å². The standard InChI is InChI=1S/C37H73N9/c1-34(2)25-29(26-35(3,4)45(34)9)19-13-17-23-40-32-42-31(39-22-16-12-11-15-21-38)43-33(44-32)41-24-18-14-20-30-27-36(5,6)46(10)37(7,8)28-30/h29-30H,11-28,38H2,1-10H3,(H3,39,40,41,42,43,44). The Morgan fingerprint density at radius 3 is 1.15 bits per heavy atom. The van der Waals surface area contributed by atoms with Gasteiger partial charge in [0.05, 0.1) is 0 Å². The molecule has 0 bridgehead atoms. The Morgan fingerprint density at radius 2 is 0.826 bits per heavy atom. The highest BCUT2D eigenvalue weighted by Gasteiger charge is 2.43. The smallest absolute Gasteiger partial charge is 0.229 e. The number of likely N-dealkylation sites (tertiary alicyclic amines) is 2. The number of piperidine rings is 2. The summed E-state index contributed by atoms with van der Waals surface area (Å²) < 4.78 is 0. The van der Waals surface area contributed by atoms with Crippen LogP contribution in [0, 0.1) is 11.8 Å². The molecule has 46 heavy (non-hydrogen) atoms. The molecule has 0 radical (unpaired) electrons. The van der Waals surface area contributed by atoms with Crippen LogP contribution in [0.2, 0.25) is 0 Å². The van der Waals surface area contributed by atoms with E-state index in [4.69, 9.17) is 20.7 Å². The van der Waals surface area contributed by atoms with Gasteiger partial charge in [-0.25, -0.2) is 0 Å². The number of rotatable bonds is 19. The van der Waals surface area contributed by atoms with Crippen molar-refractivity contribution in [2.45, 2.75) is 167 Å². The average Bonchev–Trinajstić information content (AvgIpc) is 2.95. The average molecular weight is 644 g/mol. The number of hydrogen-bond acceptors (Lipinski definition) is 9. The molecule has 0 aliphatic carbocycles. The molecule has 3 rings (SSSR count). The van der Waals surface area contributed by atoms with Gasteiger partial charge in [0.1, 0.15) is 0 Å². The van der Waals surface area contributed by atoms with Crippen LogP contribution < -0.4 is 21.7 Å². The number of nitrogens with zero attached hydrogens (tertiary/aromatic N) is 5. The van der Waals surface area contributed by atoms with Gasteiger partial charge >= 0.3 is 0 Å². The lowest BCUT2D eigenvalue weighted by atomic mass is 9.72. The first-order valence-electron chi connectivity index (χ1n) is 18.7. The summed E-state index contributed by atoms with van der Waals surface area (Å²) in [6, 6.07) is 0. The van der Waals surface area contributed by atoms with Gasteiger partial charge in [-0.05, 0) is 139 Å². The van der Waals surface area contributed by atoms with Crippen molar-refractivity contribution in [3.05, 3.63) is 0 Å². The SMILES string of the molecule is CN1C(C)(C)CC(CCCCNc2nc(NCCCCCCN)nc(NCCCCC3CC(C)(C)N(C)C(C)(C)C3)n2)CC1(C)C. The Kier molecular flexibility index (Phi) is 14.4. The summed E-state index contributed by atoms with van der Waals surface area (Å²) in [6.45, 7) is 22.6. The van der Waals surface area contributed by atoms with Gasteiger partial charge in [-0.3, -0.25) is 9.80 Å². The van der Waals surface area contributed by atoms with Gasteiger partial charge in [-0.2, -0.15) is 15.0 Å². The molecule has 0 spiro atoms. The molecule has 0 atom stereocenters. The minimum atomic E-state index is 0.257. The third kappa shape index (κ3) is 11.8. The molecule has 0 unspecified atom stereocenters. The van der Waals surface area contributed by atoms with E-state index in [2.05, 4.69) is 95.2 Å². The van der Waals surface area contributed by atoms with Crippen LogP contribution in [0.1, 0.15) is 145 Å². The fourth-order valence-electron chi connectivity index (χ4n) is 8.52. The maximum Gasteiger partial charge on any atom is 0.229 e. The van der Waals surface area contributed by atoms with Crippen LogP contribution in [0.15, 0.2) is 0 Å². The van der Waals surface area contributed by atoms with Gasteiger partial charge in [-0.1, -0.05) is 38.5 Å². The number of hydrogen-bond donors (Lipinski definition) is 4. The molecule has 2 aliphatic heterocycles. The molecule has 1 aromatic heterocycles. The lowest BCUT2D eigenvalue weighted by molar-refractivity contribution is -0.0323. The number of aromatic nitrogens is 3. The van der Waals surface area contributed by atoms with Crippen molar-refractivity contribution in [2.24, 2.45) is 17.6 Å². The Morgan fingerprint density at radius 1 is 0.522 bits per heavy atom. The minimum absolute atomic E-state index is 0.257. The first-order chi connectivity index (χ1) is 21.6. The van der Waals surface area contributed by atoms with E-state index < -0.39 is 0 Å². The van der Waals surface area contributed by atoms with E-state index in [9.17, 15) is 0 Å². The third-order valence-corrected chi connectivity index (χ3v) is 11.5. The van der Waals surface area contributed by atoms with Crippen molar-refractivity contribution in [3.63, 3.8) is 0 Å². The minimum Gasteiger partial charge on any atom is -0.354 e. The van der Waals surface area contributed by atoms with E-state index in [-0.39, 0.29) is 22.2 Å². The summed E-state index contributed by atoms with van der Waals surface area (Å²) >= 11 is 0.